The number of benzene rings is 3. The van der Waals surface area contributed by atoms with Crippen molar-refractivity contribution in [1.29, 1.82) is 5.26 Å². The Kier molecular flexibility index (Phi) is 5.91. The standard InChI is InChI=1S/C26H20N2O4/c1-30-20-11-7-17(8-12-20)24-22(15-27)26(28-16-19-5-3-4-6-23(19)29)32-25(24)18-9-13-21(31-2)14-10-18/h3-14,16,29H,1-2H3. The number of hydrogen-bond donors (Lipinski definition) is 1. The maximum Gasteiger partial charge on any atom is 0.238 e. The second kappa shape index (κ2) is 9.11. The molecule has 0 bridgehead atoms. The fourth-order valence-electron chi connectivity index (χ4n) is 3.32. The van der Waals surface area contributed by atoms with Gasteiger partial charge in [-0.15, -0.1) is 0 Å². The topological polar surface area (TPSA) is 88.0 Å². The zero-order valence-corrected chi connectivity index (χ0v) is 17.6. The van der Waals surface area contributed by atoms with Crippen molar-refractivity contribution >= 4 is 12.1 Å². The summed E-state index contributed by atoms with van der Waals surface area (Å²) in [6, 6.07) is 23.8. The van der Waals surface area contributed by atoms with Gasteiger partial charge < -0.3 is 19.0 Å². The molecule has 1 aromatic heterocycles. The van der Waals surface area contributed by atoms with E-state index in [0.717, 1.165) is 11.1 Å². The zero-order valence-electron chi connectivity index (χ0n) is 17.6. The van der Waals surface area contributed by atoms with Crippen molar-refractivity contribution in [3.8, 4) is 45.8 Å². The van der Waals surface area contributed by atoms with Crippen molar-refractivity contribution in [1.82, 2.24) is 0 Å². The molecule has 4 aromatic rings. The van der Waals surface area contributed by atoms with E-state index in [-0.39, 0.29) is 11.6 Å². The molecule has 0 atom stereocenters. The summed E-state index contributed by atoms with van der Waals surface area (Å²) in [6.07, 6.45) is 1.48. The van der Waals surface area contributed by atoms with Crippen molar-refractivity contribution in [3.05, 3.63) is 83.9 Å². The lowest BCUT2D eigenvalue weighted by Crippen LogP contribution is -1.87. The van der Waals surface area contributed by atoms with Crippen molar-refractivity contribution in [3.63, 3.8) is 0 Å². The summed E-state index contributed by atoms with van der Waals surface area (Å²) in [6.45, 7) is 0. The molecule has 6 heteroatoms. The summed E-state index contributed by atoms with van der Waals surface area (Å²) in [4.78, 5) is 4.38. The van der Waals surface area contributed by atoms with Crippen LogP contribution in [-0.4, -0.2) is 25.5 Å². The molecule has 0 amide bonds. The smallest absolute Gasteiger partial charge is 0.238 e. The summed E-state index contributed by atoms with van der Waals surface area (Å²) in [5, 5.41) is 20.0. The number of ether oxygens (including phenoxy) is 2. The van der Waals surface area contributed by atoms with E-state index in [1.807, 2.05) is 48.5 Å². The van der Waals surface area contributed by atoms with Crippen molar-refractivity contribution in [2.24, 2.45) is 4.99 Å². The van der Waals surface area contributed by atoms with Gasteiger partial charge in [-0.2, -0.15) is 5.26 Å². The van der Waals surface area contributed by atoms with Crippen LogP contribution in [0.15, 0.2) is 82.2 Å². The summed E-state index contributed by atoms with van der Waals surface area (Å²) in [5.41, 5.74) is 3.01. The molecule has 1 heterocycles. The van der Waals surface area contributed by atoms with E-state index in [2.05, 4.69) is 11.1 Å². The van der Waals surface area contributed by atoms with Gasteiger partial charge in [0, 0.05) is 22.9 Å². The van der Waals surface area contributed by atoms with Crippen molar-refractivity contribution in [2.75, 3.05) is 14.2 Å². The van der Waals surface area contributed by atoms with Gasteiger partial charge in [-0.05, 0) is 54.1 Å². The van der Waals surface area contributed by atoms with Crippen molar-refractivity contribution < 1.29 is 19.0 Å². The minimum Gasteiger partial charge on any atom is -0.507 e. The van der Waals surface area contributed by atoms with Gasteiger partial charge >= 0.3 is 0 Å². The average Bonchev–Trinajstić information content (AvgIpc) is 3.22. The highest BCUT2D eigenvalue weighted by molar-refractivity contribution is 5.90. The minimum absolute atomic E-state index is 0.0899. The third-order valence-corrected chi connectivity index (χ3v) is 4.99. The van der Waals surface area contributed by atoms with E-state index in [9.17, 15) is 10.4 Å². The first-order valence-corrected chi connectivity index (χ1v) is 9.82. The average molecular weight is 424 g/mol. The van der Waals surface area contributed by atoms with Crippen LogP contribution in [0.25, 0.3) is 22.5 Å². The quantitative estimate of drug-likeness (QED) is 0.386. The third kappa shape index (κ3) is 4.05. The summed E-state index contributed by atoms with van der Waals surface area (Å²) in [5.74, 6) is 2.18. The van der Waals surface area contributed by atoms with Crippen LogP contribution in [0.2, 0.25) is 0 Å². The number of nitrogens with zero attached hydrogens (tertiary/aromatic N) is 2. The number of para-hydroxylation sites is 1. The number of methoxy groups -OCH3 is 2. The molecular formula is C26H20N2O4. The first-order valence-electron chi connectivity index (χ1n) is 9.82. The highest BCUT2D eigenvalue weighted by atomic mass is 16.5. The van der Waals surface area contributed by atoms with Crippen LogP contribution < -0.4 is 9.47 Å². The fourth-order valence-corrected chi connectivity index (χ4v) is 3.32. The molecular weight excluding hydrogens is 404 g/mol. The maximum absolute atomic E-state index is 10.0. The molecule has 0 saturated carbocycles. The Morgan fingerprint density at radius 1 is 0.875 bits per heavy atom. The summed E-state index contributed by atoms with van der Waals surface area (Å²) < 4.78 is 16.6. The Morgan fingerprint density at radius 3 is 2.03 bits per heavy atom. The highest BCUT2D eigenvalue weighted by Crippen LogP contribution is 2.43. The SMILES string of the molecule is COc1ccc(-c2oc(N=Cc3ccccc3O)c(C#N)c2-c2ccc(OC)cc2)cc1. The maximum atomic E-state index is 10.0. The summed E-state index contributed by atoms with van der Waals surface area (Å²) >= 11 is 0. The molecule has 0 aliphatic heterocycles. The molecule has 158 valence electrons. The fraction of sp³-hybridized carbons (Fsp3) is 0.0769. The number of aromatic hydroxyl groups is 1. The Labute approximate surface area is 185 Å². The molecule has 1 N–H and O–H groups in total. The first-order chi connectivity index (χ1) is 15.6. The van der Waals surface area contributed by atoms with Gasteiger partial charge in [0.25, 0.3) is 0 Å². The predicted molar refractivity (Wildman–Crippen MR) is 123 cm³/mol. The molecule has 0 saturated heterocycles. The zero-order chi connectivity index (χ0) is 22.5. The van der Waals surface area contributed by atoms with Gasteiger partial charge in [0.1, 0.15) is 34.6 Å². The van der Waals surface area contributed by atoms with Crippen molar-refractivity contribution in [2.45, 2.75) is 0 Å². The lowest BCUT2D eigenvalue weighted by atomic mass is 9.98. The van der Waals surface area contributed by atoms with Gasteiger partial charge in [-0.25, -0.2) is 4.99 Å². The normalized spacial score (nSPS) is 10.8. The van der Waals surface area contributed by atoms with E-state index in [4.69, 9.17) is 13.9 Å². The number of rotatable bonds is 6. The number of aliphatic imine (C=N–C) groups is 1. The Balaban J connectivity index is 1.88. The molecule has 6 nitrogen and oxygen atoms in total. The molecule has 0 fully saturated rings. The first kappa shape index (κ1) is 20.8. The van der Waals surface area contributed by atoms with Crippen LogP contribution in [0.5, 0.6) is 17.2 Å². The number of hydrogen-bond acceptors (Lipinski definition) is 6. The van der Waals surface area contributed by atoms with Crippen LogP contribution in [0.1, 0.15) is 11.1 Å². The highest BCUT2D eigenvalue weighted by Gasteiger charge is 2.23. The van der Waals surface area contributed by atoms with Gasteiger partial charge in [0.15, 0.2) is 0 Å². The number of nitriles is 1. The molecule has 0 aliphatic rings. The lowest BCUT2D eigenvalue weighted by molar-refractivity contribution is 0.414. The van der Waals surface area contributed by atoms with E-state index in [0.29, 0.717) is 33.9 Å². The van der Waals surface area contributed by atoms with Crippen LogP contribution in [0.4, 0.5) is 5.88 Å². The van der Waals surface area contributed by atoms with Crippen LogP contribution in [-0.2, 0) is 0 Å². The Bertz CT molecular complexity index is 1300. The molecule has 3 aromatic carbocycles. The number of phenolic OH excluding ortho intramolecular Hbond substituents is 1. The van der Waals surface area contributed by atoms with Crippen LogP contribution in [0, 0.1) is 11.3 Å². The van der Waals surface area contributed by atoms with Gasteiger partial charge in [-0.3, -0.25) is 0 Å². The van der Waals surface area contributed by atoms with E-state index in [1.54, 1.807) is 38.5 Å². The second-order valence-corrected chi connectivity index (χ2v) is 6.87. The largest absolute Gasteiger partial charge is 0.507 e. The lowest BCUT2D eigenvalue weighted by Gasteiger charge is -2.06. The van der Waals surface area contributed by atoms with E-state index < -0.39 is 0 Å². The molecule has 32 heavy (non-hydrogen) atoms. The third-order valence-electron chi connectivity index (χ3n) is 4.99. The monoisotopic (exact) mass is 424 g/mol. The molecule has 0 aliphatic carbocycles. The van der Waals surface area contributed by atoms with E-state index >= 15 is 0 Å². The number of furan rings is 1. The van der Waals surface area contributed by atoms with E-state index in [1.165, 1.54) is 6.21 Å². The van der Waals surface area contributed by atoms with Gasteiger partial charge in [0.05, 0.1) is 14.2 Å². The molecule has 0 spiro atoms. The molecule has 4 rings (SSSR count). The Morgan fingerprint density at radius 2 is 1.47 bits per heavy atom. The van der Waals surface area contributed by atoms with Crippen LogP contribution in [0.3, 0.4) is 0 Å². The second-order valence-electron chi connectivity index (χ2n) is 6.87. The molecule has 0 unspecified atom stereocenters. The van der Waals surface area contributed by atoms with Crippen LogP contribution >= 0.6 is 0 Å². The Hall–Kier alpha value is -4.50. The van der Waals surface area contributed by atoms with Gasteiger partial charge in [-0.1, -0.05) is 24.3 Å². The minimum atomic E-state index is 0.0899. The predicted octanol–water partition coefficient (Wildman–Crippen LogP) is 5.96. The summed E-state index contributed by atoms with van der Waals surface area (Å²) in [7, 11) is 3.20. The molecule has 0 radical (unpaired) electrons. The number of phenols is 1. The van der Waals surface area contributed by atoms with Gasteiger partial charge in [0.2, 0.25) is 5.88 Å².